The van der Waals surface area contributed by atoms with Crippen LogP contribution in [0.3, 0.4) is 0 Å². The van der Waals surface area contributed by atoms with Crippen molar-refractivity contribution >= 4 is 5.91 Å². The fourth-order valence-corrected chi connectivity index (χ4v) is 1.89. The summed E-state index contributed by atoms with van der Waals surface area (Å²) >= 11 is 0. The van der Waals surface area contributed by atoms with E-state index in [1.807, 2.05) is 13.8 Å². The number of benzene rings is 1. The SMILES string of the molecule is CCC(C)C(O)CNC(=O)C(C)c1c(F)cccc1F. The lowest BCUT2D eigenvalue weighted by atomic mass is 9.98. The zero-order chi connectivity index (χ0) is 15.3. The highest BCUT2D eigenvalue weighted by Crippen LogP contribution is 2.22. The van der Waals surface area contributed by atoms with Gasteiger partial charge in [-0.2, -0.15) is 0 Å². The van der Waals surface area contributed by atoms with Gasteiger partial charge in [0.1, 0.15) is 11.6 Å². The van der Waals surface area contributed by atoms with Crippen LogP contribution in [-0.2, 0) is 4.79 Å². The Morgan fingerprint density at radius 1 is 1.30 bits per heavy atom. The Bertz CT molecular complexity index is 445. The Kier molecular flexibility index (Phi) is 6.07. The molecule has 3 atom stereocenters. The molecule has 0 bridgehead atoms. The molecule has 0 heterocycles. The second-order valence-corrected chi connectivity index (χ2v) is 5.06. The molecule has 0 aromatic heterocycles. The quantitative estimate of drug-likeness (QED) is 0.844. The maximum Gasteiger partial charge on any atom is 0.227 e. The number of aliphatic hydroxyl groups excluding tert-OH is 1. The predicted molar refractivity (Wildman–Crippen MR) is 73.2 cm³/mol. The summed E-state index contributed by atoms with van der Waals surface area (Å²) in [6.07, 6.45) is 0.121. The Labute approximate surface area is 118 Å². The first-order valence-electron chi connectivity index (χ1n) is 6.78. The second-order valence-electron chi connectivity index (χ2n) is 5.06. The van der Waals surface area contributed by atoms with Crippen molar-refractivity contribution in [1.82, 2.24) is 5.32 Å². The van der Waals surface area contributed by atoms with Gasteiger partial charge in [0, 0.05) is 12.1 Å². The molecule has 1 amide bonds. The van der Waals surface area contributed by atoms with Crippen molar-refractivity contribution in [2.75, 3.05) is 6.54 Å². The predicted octanol–water partition coefficient (Wildman–Crippen LogP) is 2.59. The van der Waals surface area contributed by atoms with Crippen LogP contribution < -0.4 is 5.32 Å². The Morgan fingerprint density at radius 2 is 1.85 bits per heavy atom. The van der Waals surface area contributed by atoms with Gasteiger partial charge in [0.05, 0.1) is 12.0 Å². The van der Waals surface area contributed by atoms with Crippen molar-refractivity contribution in [3.8, 4) is 0 Å². The average molecular weight is 285 g/mol. The van der Waals surface area contributed by atoms with E-state index in [0.717, 1.165) is 18.6 Å². The normalized spacial score (nSPS) is 15.5. The summed E-state index contributed by atoms with van der Waals surface area (Å²) in [7, 11) is 0. The molecular formula is C15H21F2NO2. The topological polar surface area (TPSA) is 49.3 Å². The van der Waals surface area contributed by atoms with E-state index in [1.165, 1.54) is 13.0 Å². The fourth-order valence-electron chi connectivity index (χ4n) is 1.89. The fraction of sp³-hybridized carbons (Fsp3) is 0.533. The number of hydrogen-bond donors (Lipinski definition) is 2. The van der Waals surface area contributed by atoms with E-state index in [2.05, 4.69) is 5.32 Å². The highest BCUT2D eigenvalue weighted by atomic mass is 19.1. The Balaban J connectivity index is 2.68. The number of nitrogens with one attached hydrogen (secondary N) is 1. The van der Waals surface area contributed by atoms with E-state index in [4.69, 9.17) is 0 Å². The first-order valence-corrected chi connectivity index (χ1v) is 6.78. The van der Waals surface area contributed by atoms with Crippen molar-refractivity contribution in [1.29, 1.82) is 0 Å². The highest BCUT2D eigenvalue weighted by Gasteiger charge is 2.23. The summed E-state index contributed by atoms with van der Waals surface area (Å²) in [4.78, 5) is 11.9. The molecular weight excluding hydrogens is 264 g/mol. The maximum absolute atomic E-state index is 13.6. The third-order valence-electron chi connectivity index (χ3n) is 3.61. The number of halogens is 2. The lowest BCUT2D eigenvalue weighted by molar-refractivity contribution is -0.122. The van der Waals surface area contributed by atoms with E-state index < -0.39 is 29.6 Å². The molecule has 0 spiro atoms. The van der Waals surface area contributed by atoms with Crippen LogP contribution in [0.5, 0.6) is 0 Å². The van der Waals surface area contributed by atoms with Crippen molar-refractivity contribution in [3.05, 3.63) is 35.4 Å². The molecule has 0 radical (unpaired) electrons. The van der Waals surface area contributed by atoms with E-state index in [1.54, 1.807) is 0 Å². The van der Waals surface area contributed by atoms with Crippen molar-refractivity contribution < 1.29 is 18.7 Å². The van der Waals surface area contributed by atoms with Crippen molar-refractivity contribution in [2.45, 2.75) is 39.2 Å². The van der Waals surface area contributed by atoms with E-state index in [0.29, 0.717) is 0 Å². The van der Waals surface area contributed by atoms with Gasteiger partial charge in [0.2, 0.25) is 5.91 Å². The molecule has 0 aliphatic rings. The van der Waals surface area contributed by atoms with Crippen LogP contribution in [0.4, 0.5) is 8.78 Å². The van der Waals surface area contributed by atoms with Gasteiger partial charge in [-0.3, -0.25) is 4.79 Å². The molecule has 0 aliphatic carbocycles. The molecule has 3 unspecified atom stereocenters. The number of carbonyl (C=O) groups excluding carboxylic acids is 1. The Morgan fingerprint density at radius 3 is 2.35 bits per heavy atom. The first kappa shape index (κ1) is 16.6. The largest absolute Gasteiger partial charge is 0.391 e. The Hall–Kier alpha value is -1.49. The molecule has 0 saturated heterocycles. The standard InChI is InChI=1S/C15H21F2NO2/c1-4-9(2)13(19)8-18-15(20)10(3)14-11(16)6-5-7-12(14)17/h5-7,9-10,13,19H,4,8H2,1-3H3,(H,18,20). The van der Waals surface area contributed by atoms with Gasteiger partial charge in [-0.15, -0.1) is 0 Å². The summed E-state index contributed by atoms with van der Waals surface area (Å²) in [5, 5.41) is 12.3. The molecule has 0 aliphatic heterocycles. The zero-order valence-electron chi connectivity index (χ0n) is 12.0. The van der Waals surface area contributed by atoms with Gasteiger partial charge in [0.15, 0.2) is 0 Å². The summed E-state index contributed by atoms with van der Waals surface area (Å²) in [5.74, 6) is -2.88. The van der Waals surface area contributed by atoms with Gasteiger partial charge in [0.25, 0.3) is 0 Å². The van der Waals surface area contributed by atoms with Crippen LogP contribution in [0.15, 0.2) is 18.2 Å². The smallest absolute Gasteiger partial charge is 0.227 e. The number of carbonyl (C=O) groups is 1. The van der Waals surface area contributed by atoms with E-state index in [-0.39, 0.29) is 18.0 Å². The third kappa shape index (κ3) is 4.00. The van der Waals surface area contributed by atoms with Crippen molar-refractivity contribution in [2.24, 2.45) is 5.92 Å². The lowest BCUT2D eigenvalue weighted by Crippen LogP contribution is -2.37. The number of hydrogen-bond acceptors (Lipinski definition) is 2. The summed E-state index contributed by atoms with van der Waals surface area (Å²) in [5.41, 5.74) is -0.247. The summed E-state index contributed by atoms with van der Waals surface area (Å²) < 4.78 is 27.1. The van der Waals surface area contributed by atoms with Crippen LogP contribution in [-0.4, -0.2) is 23.7 Å². The summed E-state index contributed by atoms with van der Waals surface area (Å²) in [6, 6.07) is 3.50. The average Bonchev–Trinajstić information content (AvgIpc) is 2.42. The van der Waals surface area contributed by atoms with E-state index in [9.17, 15) is 18.7 Å². The molecule has 0 saturated carbocycles. The minimum Gasteiger partial charge on any atom is -0.391 e. The van der Waals surface area contributed by atoms with Gasteiger partial charge >= 0.3 is 0 Å². The molecule has 20 heavy (non-hydrogen) atoms. The minimum absolute atomic E-state index is 0.0517. The molecule has 0 fully saturated rings. The number of aliphatic hydroxyl groups is 1. The second kappa shape index (κ2) is 7.33. The highest BCUT2D eigenvalue weighted by molar-refractivity contribution is 5.83. The molecule has 112 valence electrons. The lowest BCUT2D eigenvalue weighted by Gasteiger charge is -2.19. The first-order chi connectivity index (χ1) is 9.38. The van der Waals surface area contributed by atoms with Gasteiger partial charge < -0.3 is 10.4 Å². The van der Waals surface area contributed by atoms with Crippen LogP contribution >= 0.6 is 0 Å². The van der Waals surface area contributed by atoms with Gasteiger partial charge in [-0.25, -0.2) is 8.78 Å². The van der Waals surface area contributed by atoms with Crippen molar-refractivity contribution in [3.63, 3.8) is 0 Å². The van der Waals surface area contributed by atoms with Crippen LogP contribution in [0.2, 0.25) is 0 Å². The zero-order valence-corrected chi connectivity index (χ0v) is 12.0. The van der Waals surface area contributed by atoms with Gasteiger partial charge in [-0.1, -0.05) is 26.3 Å². The number of amides is 1. The molecule has 1 aromatic rings. The molecule has 3 nitrogen and oxygen atoms in total. The van der Waals surface area contributed by atoms with Gasteiger partial charge in [-0.05, 0) is 25.0 Å². The van der Waals surface area contributed by atoms with Crippen LogP contribution in [0.1, 0.15) is 38.7 Å². The number of rotatable bonds is 6. The summed E-state index contributed by atoms with van der Waals surface area (Å²) in [6.45, 7) is 5.32. The van der Waals surface area contributed by atoms with Crippen LogP contribution in [0.25, 0.3) is 0 Å². The third-order valence-corrected chi connectivity index (χ3v) is 3.61. The monoisotopic (exact) mass is 285 g/mol. The van der Waals surface area contributed by atoms with Crippen LogP contribution in [0, 0.1) is 17.6 Å². The molecule has 2 N–H and O–H groups in total. The molecule has 1 rings (SSSR count). The van der Waals surface area contributed by atoms with E-state index >= 15 is 0 Å². The minimum atomic E-state index is -0.944. The molecule has 5 heteroatoms. The maximum atomic E-state index is 13.6. The molecule has 1 aromatic carbocycles.